The Kier molecular flexibility index (Phi) is 8.18. The van der Waals surface area contributed by atoms with Gasteiger partial charge in [0.15, 0.2) is 6.04 Å². The van der Waals surface area contributed by atoms with Gasteiger partial charge in [-0.2, -0.15) is 13.5 Å². The molecule has 0 spiro atoms. The molecule has 1 amide bonds. The van der Waals surface area contributed by atoms with E-state index in [2.05, 4.69) is 6.58 Å². The van der Waals surface area contributed by atoms with E-state index in [1.54, 1.807) is 19.1 Å². The molecule has 2 aliphatic heterocycles. The molecule has 7 nitrogen and oxygen atoms in total. The summed E-state index contributed by atoms with van der Waals surface area (Å²) in [6, 6.07) is 1.91. The van der Waals surface area contributed by atoms with Gasteiger partial charge in [0.2, 0.25) is 15.9 Å². The number of amides is 1. The van der Waals surface area contributed by atoms with Crippen LogP contribution >= 0.6 is 0 Å². The lowest BCUT2D eigenvalue weighted by Gasteiger charge is -2.41. The lowest BCUT2D eigenvalue weighted by Crippen LogP contribution is -2.60. The fraction of sp³-hybridized carbons (Fsp3) is 0.480. The van der Waals surface area contributed by atoms with Crippen molar-refractivity contribution in [1.82, 2.24) is 9.62 Å². The summed E-state index contributed by atoms with van der Waals surface area (Å²) in [4.78, 5) is 14.8. The van der Waals surface area contributed by atoms with Gasteiger partial charge in [-0.1, -0.05) is 18.7 Å². The largest absolute Gasteiger partial charge is 0.497 e. The number of hydrogen-bond acceptors (Lipinski definition) is 5. The number of benzene rings is 1. The first-order valence-corrected chi connectivity index (χ1v) is 13.0. The first-order valence-electron chi connectivity index (χ1n) is 11.5. The molecule has 2 fully saturated rings. The van der Waals surface area contributed by atoms with Crippen LogP contribution in [0.15, 0.2) is 59.6 Å². The first-order chi connectivity index (χ1) is 16.4. The molecule has 0 saturated carbocycles. The van der Waals surface area contributed by atoms with Gasteiger partial charge in [-0.25, -0.2) is 8.42 Å². The maximum atomic E-state index is 15.9. The highest BCUT2D eigenvalue weighted by Crippen LogP contribution is 2.40. The van der Waals surface area contributed by atoms with Crippen LogP contribution in [0.1, 0.15) is 45.1 Å². The standard InChI is InChI=1S/C25H33F2N3O4S/c1-5-6-16(2)13-17(3)35(32,33)29-23(25(26,27)18-7-11-22(34-4)12-8-18)24(31)30-20-9-10-21(30)15-19(28)14-20/h5-8,11-13,19-21,23,29H,2,9-10,14-15,28H2,1,3-4H3/b6-5-,17-13+/t19?,20?,21?,23-/m0/s1. The molecule has 35 heavy (non-hydrogen) atoms. The predicted octanol–water partition coefficient (Wildman–Crippen LogP) is 3.59. The molecule has 2 saturated heterocycles. The molecular weight excluding hydrogens is 476 g/mol. The van der Waals surface area contributed by atoms with Crippen LogP contribution < -0.4 is 15.2 Å². The summed E-state index contributed by atoms with van der Waals surface area (Å²) < 4.78 is 65.0. The Labute approximate surface area is 205 Å². The SMILES string of the molecule is C=C(/C=C\C)/C=C(\C)S(=O)(=O)N[C@@H](C(=O)N1C2CCC1CC(N)C2)C(F)(F)c1ccc(OC)cc1. The Morgan fingerprint density at radius 2 is 1.83 bits per heavy atom. The Bertz CT molecular complexity index is 1100. The molecule has 3 atom stereocenters. The number of sulfonamides is 1. The van der Waals surface area contributed by atoms with Crippen LogP contribution in [-0.2, 0) is 20.7 Å². The molecule has 0 aliphatic carbocycles. The Hall–Kier alpha value is -2.56. The fourth-order valence-corrected chi connectivity index (χ4v) is 5.89. The third kappa shape index (κ3) is 5.82. The van der Waals surface area contributed by atoms with Crippen molar-refractivity contribution in [2.75, 3.05) is 7.11 Å². The maximum absolute atomic E-state index is 15.9. The number of halogens is 2. The second-order valence-electron chi connectivity index (χ2n) is 9.10. The number of ether oxygens (including phenoxy) is 1. The van der Waals surface area contributed by atoms with Gasteiger partial charge in [-0.15, -0.1) is 0 Å². The zero-order valence-corrected chi connectivity index (χ0v) is 21.0. The van der Waals surface area contributed by atoms with Crippen LogP contribution in [0.2, 0.25) is 0 Å². The monoisotopic (exact) mass is 509 g/mol. The molecule has 2 bridgehead atoms. The summed E-state index contributed by atoms with van der Waals surface area (Å²) in [5, 5.41) is 0. The fourth-order valence-electron chi connectivity index (χ4n) is 4.84. The van der Waals surface area contributed by atoms with E-state index in [0.717, 1.165) is 12.1 Å². The number of nitrogens with one attached hydrogen (secondary N) is 1. The Morgan fingerprint density at radius 3 is 2.34 bits per heavy atom. The van der Waals surface area contributed by atoms with Crippen molar-refractivity contribution in [3.05, 3.63) is 65.1 Å². The van der Waals surface area contributed by atoms with Crippen molar-refractivity contribution in [3.8, 4) is 5.75 Å². The van der Waals surface area contributed by atoms with E-state index < -0.39 is 33.5 Å². The number of nitrogens with zero attached hydrogens (tertiary/aromatic N) is 1. The molecule has 10 heteroatoms. The lowest BCUT2D eigenvalue weighted by atomic mass is 9.94. The average Bonchev–Trinajstić information content (AvgIpc) is 3.08. The van der Waals surface area contributed by atoms with Crippen molar-refractivity contribution >= 4 is 15.9 Å². The van der Waals surface area contributed by atoms with Crippen LogP contribution in [0.5, 0.6) is 5.75 Å². The van der Waals surface area contributed by atoms with Gasteiger partial charge in [0.25, 0.3) is 5.92 Å². The zero-order valence-electron chi connectivity index (χ0n) is 20.2. The zero-order chi connectivity index (χ0) is 26.0. The highest BCUT2D eigenvalue weighted by Gasteiger charge is 2.53. The number of allylic oxidation sites excluding steroid dienone is 5. The minimum Gasteiger partial charge on any atom is -0.497 e. The number of alkyl halides is 2. The number of methoxy groups -OCH3 is 1. The van der Waals surface area contributed by atoms with E-state index in [-0.39, 0.29) is 23.0 Å². The van der Waals surface area contributed by atoms with Crippen LogP contribution in [0.25, 0.3) is 0 Å². The van der Waals surface area contributed by atoms with E-state index >= 15 is 8.78 Å². The van der Waals surface area contributed by atoms with E-state index in [0.29, 0.717) is 37.0 Å². The molecule has 1 aromatic rings. The number of piperidine rings is 1. The van der Waals surface area contributed by atoms with Crippen LogP contribution in [0.3, 0.4) is 0 Å². The first kappa shape index (κ1) is 27.0. The van der Waals surface area contributed by atoms with Crippen LogP contribution in [0.4, 0.5) is 8.78 Å². The van der Waals surface area contributed by atoms with Gasteiger partial charge in [0.05, 0.1) is 12.0 Å². The maximum Gasteiger partial charge on any atom is 0.298 e. The molecule has 2 unspecified atom stereocenters. The molecular formula is C25H33F2N3O4S. The summed E-state index contributed by atoms with van der Waals surface area (Å²) >= 11 is 0. The van der Waals surface area contributed by atoms with Gasteiger partial charge < -0.3 is 15.4 Å². The number of fused-ring (bicyclic) bond motifs is 2. The van der Waals surface area contributed by atoms with Gasteiger partial charge in [-0.3, -0.25) is 4.79 Å². The third-order valence-electron chi connectivity index (χ3n) is 6.57. The van der Waals surface area contributed by atoms with Crippen LogP contribution in [-0.4, -0.2) is 50.5 Å². The topological polar surface area (TPSA) is 102 Å². The second kappa shape index (κ2) is 10.6. The van der Waals surface area contributed by atoms with Crippen molar-refractivity contribution in [2.24, 2.45) is 5.73 Å². The van der Waals surface area contributed by atoms with Gasteiger partial charge >= 0.3 is 0 Å². The predicted molar refractivity (Wildman–Crippen MR) is 131 cm³/mol. The van der Waals surface area contributed by atoms with Crippen LogP contribution in [0, 0.1) is 0 Å². The number of carbonyl (C=O) groups excluding carboxylic acids is 1. The molecule has 0 radical (unpaired) electrons. The average molecular weight is 510 g/mol. The summed E-state index contributed by atoms with van der Waals surface area (Å²) in [6.45, 7) is 6.74. The smallest absolute Gasteiger partial charge is 0.298 e. The summed E-state index contributed by atoms with van der Waals surface area (Å²) in [5.74, 6) is -4.43. The minimum absolute atomic E-state index is 0.114. The molecule has 192 valence electrons. The van der Waals surface area contributed by atoms with E-state index in [9.17, 15) is 13.2 Å². The molecule has 2 aliphatic rings. The van der Waals surface area contributed by atoms with Crippen molar-refractivity contribution in [1.29, 1.82) is 0 Å². The minimum atomic E-state index is -4.45. The second-order valence-corrected chi connectivity index (χ2v) is 11.0. The normalized spacial score (nSPS) is 24.0. The van der Waals surface area contributed by atoms with Crippen molar-refractivity contribution in [2.45, 2.75) is 69.6 Å². The van der Waals surface area contributed by atoms with Gasteiger partial charge in [0, 0.05) is 23.7 Å². The quantitative estimate of drug-likeness (QED) is 0.496. The highest BCUT2D eigenvalue weighted by molar-refractivity contribution is 7.93. The van der Waals surface area contributed by atoms with Gasteiger partial charge in [0.1, 0.15) is 5.75 Å². The Balaban J connectivity index is 2.01. The highest BCUT2D eigenvalue weighted by atomic mass is 32.2. The lowest BCUT2D eigenvalue weighted by molar-refractivity contribution is -0.148. The van der Waals surface area contributed by atoms with E-state index in [1.807, 2.05) is 4.72 Å². The number of hydrogen-bond donors (Lipinski definition) is 2. The molecule has 3 rings (SSSR count). The summed E-state index contributed by atoms with van der Waals surface area (Å²) in [7, 11) is -3.04. The van der Waals surface area contributed by atoms with E-state index in [1.165, 1.54) is 37.1 Å². The van der Waals surface area contributed by atoms with Crippen molar-refractivity contribution in [3.63, 3.8) is 0 Å². The Morgan fingerprint density at radius 1 is 1.26 bits per heavy atom. The van der Waals surface area contributed by atoms with Gasteiger partial charge in [-0.05, 0) is 75.4 Å². The summed E-state index contributed by atoms with van der Waals surface area (Å²) in [5.41, 5.74) is 5.96. The number of rotatable bonds is 9. The van der Waals surface area contributed by atoms with E-state index in [4.69, 9.17) is 10.5 Å². The molecule has 2 heterocycles. The molecule has 3 N–H and O–H groups in total. The third-order valence-corrected chi connectivity index (χ3v) is 8.09. The molecule has 1 aromatic carbocycles. The molecule has 0 aromatic heterocycles. The number of carbonyl (C=O) groups is 1. The van der Waals surface area contributed by atoms with Crippen molar-refractivity contribution < 1.29 is 26.7 Å². The number of nitrogens with two attached hydrogens (primary N) is 1. The summed E-state index contributed by atoms with van der Waals surface area (Å²) in [6.07, 6.45) is 6.82.